The quantitative estimate of drug-likeness (QED) is 0.873. The van der Waals surface area contributed by atoms with Gasteiger partial charge in [0.15, 0.2) is 0 Å². The minimum Gasteiger partial charge on any atom is -0.480 e. The third kappa shape index (κ3) is 2.97. The Labute approximate surface area is 106 Å². The van der Waals surface area contributed by atoms with Gasteiger partial charge in [0, 0.05) is 24.3 Å². The summed E-state index contributed by atoms with van der Waals surface area (Å²) in [6.07, 6.45) is 7.10. The minimum absolute atomic E-state index is 0.371. The standard InChI is InChI=1S/C12H17N5O/c1-9(2)17-8-10(5-15-17)4-14-11-6-13-7-12(16-11)18-3/h5-9H,4H2,1-3H3,(H,14,16). The average molecular weight is 247 g/mol. The van der Waals surface area contributed by atoms with Gasteiger partial charge in [-0.05, 0) is 13.8 Å². The van der Waals surface area contributed by atoms with Gasteiger partial charge in [-0.3, -0.25) is 9.67 Å². The molecule has 1 N–H and O–H groups in total. The summed E-state index contributed by atoms with van der Waals surface area (Å²) in [4.78, 5) is 8.26. The van der Waals surface area contributed by atoms with Gasteiger partial charge in [-0.15, -0.1) is 0 Å². The van der Waals surface area contributed by atoms with Crippen LogP contribution in [-0.2, 0) is 6.54 Å². The highest BCUT2D eigenvalue weighted by Gasteiger charge is 2.03. The first-order valence-electron chi connectivity index (χ1n) is 5.82. The van der Waals surface area contributed by atoms with Crippen LogP contribution in [-0.4, -0.2) is 26.9 Å². The molecule has 0 unspecified atom stereocenters. The SMILES string of the molecule is COc1cncc(NCc2cnn(C(C)C)c2)n1. The molecule has 2 heterocycles. The smallest absolute Gasteiger partial charge is 0.233 e. The van der Waals surface area contributed by atoms with E-state index in [1.165, 1.54) is 0 Å². The van der Waals surface area contributed by atoms with Crippen LogP contribution in [0, 0.1) is 0 Å². The molecule has 0 saturated carbocycles. The second-order valence-corrected chi connectivity index (χ2v) is 4.22. The molecule has 6 heteroatoms. The van der Waals surface area contributed by atoms with E-state index in [0.29, 0.717) is 24.3 Å². The zero-order valence-electron chi connectivity index (χ0n) is 10.8. The molecule has 0 spiro atoms. The van der Waals surface area contributed by atoms with Crippen LogP contribution in [0.4, 0.5) is 5.82 Å². The molecule has 0 aliphatic carbocycles. The molecule has 0 aliphatic rings. The lowest BCUT2D eigenvalue weighted by atomic mass is 10.3. The zero-order valence-corrected chi connectivity index (χ0v) is 10.8. The van der Waals surface area contributed by atoms with Crippen LogP contribution in [0.1, 0.15) is 25.5 Å². The van der Waals surface area contributed by atoms with Crippen molar-refractivity contribution in [2.45, 2.75) is 26.4 Å². The molecule has 0 atom stereocenters. The van der Waals surface area contributed by atoms with E-state index in [2.05, 4.69) is 34.2 Å². The number of hydrogen-bond acceptors (Lipinski definition) is 5. The topological polar surface area (TPSA) is 64.9 Å². The van der Waals surface area contributed by atoms with Crippen LogP contribution < -0.4 is 10.1 Å². The number of nitrogens with zero attached hydrogens (tertiary/aromatic N) is 4. The molecule has 0 aliphatic heterocycles. The Balaban J connectivity index is 1.97. The Kier molecular flexibility index (Phi) is 3.76. The van der Waals surface area contributed by atoms with Crippen molar-refractivity contribution in [3.8, 4) is 5.88 Å². The fourth-order valence-corrected chi connectivity index (χ4v) is 1.48. The largest absolute Gasteiger partial charge is 0.480 e. The predicted octanol–water partition coefficient (Wildman–Crippen LogP) is 1.87. The molecule has 6 nitrogen and oxygen atoms in total. The lowest BCUT2D eigenvalue weighted by Crippen LogP contribution is -2.03. The highest BCUT2D eigenvalue weighted by molar-refractivity contribution is 5.34. The lowest BCUT2D eigenvalue weighted by molar-refractivity contribution is 0.396. The van der Waals surface area contributed by atoms with Gasteiger partial charge in [-0.25, -0.2) is 0 Å². The van der Waals surface area contributed by atoms with E-state index in [0.717, 1.165) is 5.56 Å². The van der Waals surface area contributed by atoms with Crippen molar-refractivity contribution in [1.82, 2.24) is 19.7 Å². The van der Waals surface area contributed by atoms with Crippen LogP contribution in [0.15, 0.2) is 24.8 Å². The van der Waals surface area contributed by atoms with E-state index in [4.69, 9.17) is 4.74 Å². The molecular formula is C12H17N5O. The lowest BCUT2D eigenvalue weighted by Gasteiger charge is -2.05. The van der Waals surface area contributed by atoms with E-state index in [9.17, 15) is 0 Å². The molecule has 2 aromatic heterocycles. The first-order chi connectivity index (χ1) is 8.69. The van der Waals surface area contributed by atoms with E-state index in [1.807, 2.05) is 17.1 Å². The molecule has 0 radical (unpaired) electrons. The van der Waals surface area contributed by atoms with Crippen molar-refractivity contribution in [3.63, 3.8) is 0 Å². The average Bonchev–Trinajstić information content (AvgIpc) is 2.85. The van der Waals surface area contributed by atoms with Crippen LogP contribution in [0.3, 0.4) is 0 Å². The minimum atomic E-state index is 0.371. The summed E-state index contributed by atoms with van der Waals surface area (Å²) in [6.45, 7) is 4.85. The van der Waals surface area contributed by atoms with Gasteiger partial charge in [0.1, 0.15) is 5.82 Å². The number of anilines is 1. The fraction of sp³-hybridized carbons (Fsp3) is 0.417. The molecule has 2 aromatic rings. The van der Waals surface area contributed by atoms with Crippen LogP contribution in [0.25, 0.3) is 0 Å². The zero-order chi connectivity index (χ0) is 13.0. The highest BCUT2D eigenvalue weighted by atomic mass is 16.5. The number of ether oxygens (including phenoxy) is 1. The Bertz CT molecular complexity index is 509. The highest BCUT2D eigenvalue weighted by Crippen LogP contribution is 2.10. The Hall–Kier alpha value is -2.11. The van der Waals surface area contributed by atoms with Crippen LogP contribution in [0.2, 0.25) is 0 Å². The summed E-state index contributed by atoms with van der Waals surface area (Å²) in [7, 11) is 1.57. The van der Waals surface area contributed by atoms with Gasteiger partial charge >= 0.3 is 0 Å². The second-order valence-electron chi connectivity index (χ2n) is 4.22. The van der Waals surface area contributed by atoms with Crippen LogP contribution >= 0.6 is 0 Å². The third-order valence-corrected chi connectivity index (χ3v) is 2.48. The van der Waals surface area contributed by atoms with Gasteiger partial charge < -0.3 is 10.1 Å². The molecule has 18 heavy (non-hydrogen) atoms. The summed E-state index contributed by atoms with van der Waals surface area (Å²) in [5.74, 6) is 1.18. The number of methoxy groups -OCH3 is 1. The number of rotatable bonds is 5. The molecule has 0 aromatic carbocycles. The van der Waals surface area contributed by atoms with Gasteiger partial charge in [0.2, 0.25) is 5.88 Å². The molecule has 96 valence electrons. The van der Waals surface area contributed by atoms with Crippen molar-refractivity contribution < 1.29 is 4.74 Å². The number of nitrogens with one attached hydrogen (secondary N) is 1. The summed E-state index contributed by atoms with van der Waals surface area (Å²) in [5.41, 5.74) is 1.10. The predicted molar refractivity (Wildman–Crippen MR) is 68.5 cm³/mol. The molecule has 0 fully saturated rings. The molecule has 2 rings (SSSR count). The summed E-state index contributed by atoms with van der Waals surface area (Å²) < 4.78 is 6.94. The maximum Gasteiger partial charge on any atom is 0.233 e. The second kappa shape index (κ2) is 5.48. The van der Waals surface area contributed by atoms with E-state index in [-0.39, 0.29) is 0 Å². The van der Waals surface area contributed by atoms with Crippen molar-refractivity contribution in [1.29, 1.82) is 0 Å². The maximum atomic E-state index is 5.01. The van der Waals surface area contributed by atoms with Crippen molar-refractivity contribution in [2.75, 3.05) is 12.4 Å². The van der Waals surface area contributed by atoms with Gasteiger partial charge in [0.25, 0.3) is 0 Å². The summed E-state index contributed by atoms with van der Waals surface area (Å²) >= 11 is 0. The van der Waals surface area contributed by atoms with Crippen molar-refractivity contribution in [2.24, 2.45) is 0 Å². The summed E-state index contributed by atoms with van der Waals surface area (Å²) in [6, 6.07) is 0.371. The first kappa shape index (κ1) is 12.3. The number of hydrogen-bond donors (Lipinski definition) is 1. The van der Waals surface area contributed by atoms with Gasteiger partial charge in [-0.2, -0.15) is 10.1 Å². The van der Waals surface area contributed by atoms with Gasteiger partial charge in [0.05, 0.1) is 25.7 Å². The van der Waals surface area contributed by atoms with Crippen molar-refractivity contribution >= 4 is 5.82 Å². The van der Waals surface area contributed by atoms with Gasteiger partial charge in [-0.1, -0.05) is 0 Å². The molecule has 0 saturated heterocycles. The maximum absolute atomic E-state index is 5.01. The monoisotopic (exact) mass is 247 g/mol. The number of aromatic nitrogens is 4. The molecular weight excluding hydrogens is 230 g/mol. The molecule has 0 amide bonds. The third-order valence-electron chi connectivity index (χ3n) is 2.48. The normalized spacial score (nSPS) is 10.7. The Morgan fingerprint density at radius 1 is 1.33 bits per heavy atom. The van der Waals surface area contributed by atoms with E-state index >= 15 is 0 Å². The van der Waals surface area contributed by atoms with Crippen LogP contribution in [0.5, 0.6) is 5.88 Å². The Morgan fingerprint density at radius 2 is 2.17 bits per heavy atom. The van der Waals surface area contributed by atoms with E-state index in [1.54, 1.807) is 19.5 Å². The summed E-state index contributed by atoms with van der Waals surface area (Å²) in [5, 5.41) is 7.46. The van der Waals surface area contributed by atoms with E-state index < -0.39 is 0 Å². The van der Waals surface area contributed by atoms with Crippen molar-refractivity contribution in [3.05, 3.63) is 30.4 Å². The molecule has 0 bridgehead atoms. The Morgan fingerprint density at radius 3 is 2.83 bits per heavy atom. The fourth-order valence-electron chi connectivity index (χ4n) is 1.48. The first-order valence-corrected chi connectivity index (χ1v) is 5.82.